The number of rotatable bonds is 4. The SMILES string of the molecule is COc1ccccc1Oc1cccc(Cl)c1C(N)=S. The highest BCUT2D eigenvalue weighted by Crippen LogP contribution is 2.34. The van der Waals surface area contributed by atoms with Crippen molar-refractivity contribution in [3.8, 4) is 17.2 Å². The zero-order valence-corrected chi connectivity index (χ0v) is 11.8. The van der Waals surface area contributed by atoms with Crippen LogP contribution in [0.15, 0.2) is 42.5 Å². The summed E-state index contributed by atoms with van der Waals surface area (Å²) in [7, 11) is 1.58. The summed E-state index contributed by atoms with van der Waals surface area (Å²) in [6.45, 7) is 0. The van der Waals surface area contributed by atoms with Gasteiger partial charge in [0, 0.05) is 0 Å². The van der Waals surface area contributed by atoms with Gasteiger partial charge >= 0.3 is 0 Å². The molecule has 0 bridgehead atoms. The highest BCUT2D eigenvalue weighted by atomic mass is 35.5. The lowest BCUT2D eigenvalue weighted by Crippen LogP contribution is -2.11. The van der Waals surface area contributed by atoms with Gasteiger partial charge in [-0.2, -0.15) is 0 Å². The van der Waals surface area contributed by atoms with E-state index in [1.165, 1.54) is 0 Å². The van der Waals surface area contributed by atoms with Gasteiger partial charge in [0.05, 0.1) is 17.7 Å². The molecule has 2 rings (SSSR count). The Morgan fingerprint density at radius 3 is 2.32 bits per heavy atom. The van der Waals surface area contributed by atoms with E-state index >= 15 is 0 Å². The Kier molecular flexibility index (Phi) is 4.24. The summed E-state index contributed by atoms with van der Waals surface area (Å²) in [6, 6.07) is 12.6. The van der Waals surface area contributed by atoms with Crippen molar-refractivity contribution >= 4 is 28.8 Å². The molecule has 3 nitrogen and oxygen atoms in total. The third-order valence-corrected chi connectivity index (χ3v) is 3.03. The topological polar surface area (TPSA) is 44.5 Å². The number of ether oxygens (including phenoxy) is 2. The minimum atomic E-state index is 0.190. The Morgan fingerprint density at radius 1 is 1.05 bits per heavy atom. The minimum Gasteiger partial charge on any atom is -0.493 e. The quantitative estimate of drug-likeness (QED) is 0.872. The van der Waals surface area contributed by atoms with E-state index in [9.17, 15) is 0 Å². The molecular weight excluding hydrogens is 282 g/mol. The lowest BCUT2D eigenvalue weighted by atomic mass is 10.2. The van der Waals surface area contributed by atoms with Crippen LogP contribution in [0.3, 0.4) is 0 Å². The number of nitrogens with two attached hydrogens (primary N) is 1. The second kappa shape index (κ2) is 5.91. The molecule has 5 heteroatoms. The predicted molar refractivity (Wildman–Crippen MR) is 80.4 cm³/mol. The first-order valence-electron chi connectivity index (χ1n) is 5.52. The van der Waals surface area contributed by atoms with Crippen LogP contribution in [-0.4, -0.2) is 12.1 Å². The Morgan fingerprint density at radius 2 is 1.68 bits per heavy atom. The summed E-state index contributed by atoms with van der Waals surface area (Å²) >= 11 is 11.1. The molecule has 19 heavy (non-hydrogen) atoms. The van der Waals surface area contributed by atoms with Crippen molar-refractivity contribution in [2.24, 2.45) is 5.73 Å². The highest BCUT2D eigenvalue weighted by molar-refractivity contribution is 7.80. The molecule has 98 valence electrons. The Bertz CT molecular complexity index is 616. The van der Waals surface area contributed by atoms with Crippen molar-refractivity contribution in [3.63, 3.8) is 0 Å². The summed E-state index contributed by atoms with van der Waals surface area (Å²) in [4.78, 5) is 0.190. The van der Waals surface area contributed by atoms with Crippen molar-refractivity contribution in [1.29, 1.82) is 0 Å². The Labute approximate surface area is 121 Å². The third kappa shape index (κ3) is 2.97. The Balaban J connectivity index is 2.44. The molecule has 0 aliphatic rings. The molecular formula is C14H12ClNO2S. The van der Waals surface area contributed by atoms with Gasteiger partial charge in [0.15, 0.2) is 11.5 Å². The zero-order chi connectivity index (χ0) is 13.8. The average Bonchev–Trinajstić information content (AvgIpc) is 2.39. The second-order valence-corrected chi connectivity index (χ2v) is 4.58. The van der Waals surface area contributed by atoms with E-state index in [0.29, 0.717) is 27.8 Å². The van der Waals surface area contributed by atoms with Crippen LogP contribution in [0.1, 0.15) is 5.56 Å². The van der Waals surface area contributed by atoms with Gasteiger partial charge in [0.1, 0.15) is 10.7 Å². The molecule has 2 aromatic carbocycles. The summed E-state index contributed by atoms with van der Waals surface area (Å²) in [6.07, 6.45) is 0. The van der Waals surface area contributed by atoms with Crippen molar-refractivity contribution in [3.05, 3.63) is 53.1 Å². The number of benzene rings is 2. The third-order valence-electron chi connectivity index (χ3n) is 2.51. The summed E-state index contributed by atoms with van der Waals surface area (Å²) < 4.78 is 11.0. The number of hydrogen-bond donors (Lipinski definition) is 1. The van der Waals surface area contributed by atoms with E-state index in [1.54, 1.807) is 37.4 Å². The summed E-state index contributed by atoms with van der Waals surface area (Å²) in [5, 5.41) is 0.458. The fourth-order valence-corrected chi connectivity index (χ4v) is 2.18. The fourth-order valence-electron chi connectivity index (χ4n) is 1.65. The van der Waals surface area contributed by atoms with Crippen LogP contribution >= 0.6 is 23.8 Å². The van der Waals surface area contributed by atoms with Gasteiger partial charge in [0.2, 0.25) is 0 Å². The maximum absolute atomic E-state index is 6.09. The van der Waals surface area contributed by atoms with Crippen LogP contribution in [0.4, 0.5) is 0 Å². The molecule has 0 saturated heterocycles. The van der Waals surface area contributed by atoms with E-state index in [0.717, 1.165) is 0 Å². The van der Waals surface area contributed by atoms with Gasteiger partial charge < -0.3 is 15.2 Å². The first-order valence-corrected chi connectivity index (χ1v) is 6.31. The van der Waals surface area contributed by atoms with Gasteiger partial charge in [-0.25, -0.2) is 0 Å². The predicted octanol–water partition coefficient (Wildman–Crippen LogP) is 3.78. The number of halogens is 1. The Hall–Kier alpha value is -1.78. The molecule has 0 aromatic heterocycles. The lowest BCUT2D eigenvalue weighted by Gasteiger charge is -2.13. The van der Waals surface area contributed by atoms with Crippen molar-refractivity contribution in [2.75, 3.05) is 7.11 Å². The van der Waals surface area contributed by atoms with E-state index in [4.69, 9.17) is 39.0 Å². The van der Waals surface area contributed by atoms with Crippen molar-refractivity contribution in [1.82, 2.24) is 0 Å². The fraction of sp³-hybridized carbons (Fsp3) is 0.0714. The molecule has 0 aliphatic heterocycles. The van der Waals surface area contributed by atoms with Crippen LogP contribution in [0.25, 0.3) is 0 Å². The van der Waals surface area contributed by atoms with Crippen LogP contribution in [-0.2, 0) is 0 Å². The highest BCUT2D eigenvalue weighted by Gasteiger charge is 2.13. The number of thiocarbonyl (C=S) groups is 1. The van der Waals surface area contributed by atoms with E-state index < -0.39 is 0 Å². The summed E-state index contributed by atoms with van der Waals surface area (Å²) in [5.74, 6) is 1.70. The van der Waals surface area contributed by atoms with Crippen LogP contribution in [0, 0.1) is 0 Å². The first kappa shape index (κ1) is 13.6. The van der Waals surface area contributed by atoms with E-state index in [-0.39, 0.29) is 4.99 Å². The van der Waals surface area contributed by atoms with Gasteiger partial charge in [-0.15, -0.1) is 0 Å². The number of hydrogen-bond acceptors (Lipinski definition) is 3. The maximum atomic E-state index is 6.09. The molecule has 0 unspecified atom stereocenters. The summed E-state index contributed by atoms with van der Waals surface area (Å²) in [5.41, 5.74) is 6.19. The van der Waals surface area contributed by atoms with Crippen LogP contribution < -0.4 is 15.2 Å². The second-order valence-electron chi connectivity index (χ2n) is 3.73. The number of methoxy groups -OCH3 is 1. The van der Waals surface area contributed by atoms with Crippen LogP contribution in [0.5, 0.6) is 17.2 Å². The largest absolute Gasteiger partial charge is 0.493 e. The van der Waals surface area contributed by atoms with Gasteiger partial charge in [-0.3, -0.25) is 0 Å². The van der Waals surface area contributed by atoms with Gasteiger partial charge in [-0.1, -0.05) is 42.0 Å². The van der Waals surface area contributed by atoms with Gasteiger partial charge in [-0.05, 0) is 24.3 Å². The van der Waals surface area contributed by atoms with Gasteiger partial charge in [0.25, 0.3) is 0 Å². The molecule has 0 atom stereocenters. The molecule has 0 saturated carbocycles. The molecule has 0 spiro atoms. The molecule has 2 aromatic rings. The number of para-hydroxylation sites is 2. The standard InChI is InChI=1S/C14H12ClNO2S/c1-17-10-6-2-3-7-11(10)18-12-8-4-5-9(15)13(12)14(16)19/h2-8H,1H3,(H2,16,19). The molecule has 0 amide bonds. The van der Waals surface area contributed by atoms with Crippen LogP contribution in [0.2, 0.25) is 5.02 Å². The van der Waals surface area contributed by atoms with Crippen molar-refractivity contribution < 1.29 is 9.47 Å². The first-order chi connectivity index (χ1) is 9.13. The molecule has 0 aliphatic carbocycles. The molecule has 0 fully saturated rings. The monoisotopic (exact) mass is 293 g/mol. The zero-order valence-electron chi connectivity index (χ0n) is 10.2. The lowest BCUT2D eigenvalue weighted by molar-refractivity contribution is 0.378. The van der Waals surface area contributed by atoms with E-state index in [2.05, 4.69) is 0 Å². The van der Waals surface area contributed by atoms with Crippen molar-refractivity contribution in [2.45, 2.75) is 0 Å². The smallest absolute Gasteiger partial charge is 0.169 e. The van der Waals surface area contributed by atoms with E-state index in [1.807, 2.05) is 12.1 Å². The molecule has 0 radical (unpaired) electrons. The average molecular weight is 294 g/mol. The molecule has 0 heterocycles. The molecule has 2 N–H and O–H groups in total. The maximum Gasteiger partial charge on any atom is 0.169 e. The minimum absolute atomic E-state index is 0.190. The normalized spacial score (nSPS) is 10.0.